The molecule has 0 aliphatic heterocycles. The maximum Gasteiger partial charge on any atom is 0.324 e. The number of carbonyl (C=O) groups is 1. The Morgan fingerprint density at radius 1 is 1.05 bits per heavy atom. The second kappa shape index (κ2) is 6.68. The van der Waals surface area contributed by atoms with Gasteiger partial charge in [-0.2, -0.15) is 0 Å². The van der Waals surface area contributed by atoms with Gasteiger partial charge in [-0.05, 0) is 36.4 Å². The lowest BCUT2D eigenvalue weighted by Gasteiger charge is -2.09. The first-order chi connectivity index (χ1) is 9.69. The third-order valence-electron chi connectivity index (χ3n) is 2.61. The Balaban J connectivity index is 1.95. The van der Waals surface area contributed by atoms with Crippen LogP contribution in [0.3, 0.4) is 0 Å². The molecule has 2 rings (SSSR count). The summed E-state index contributed by atoms with van der Waals surface area (Å²) in [5, 5.41) is 5.33. The van der Waals surface area contributed by atoms with Gasteiger partial charge in [-0.3, -0.25) is 5.32 Å². The zero-order chi connectivity index (χ0) is 14.4. The summed E-state index contributed by atoms with van der Waals surface area (Å²) in [6, 6.07) is 16.0. The molecular formula is C15H14N2O2S. The van der Waals surface area contributed by atoms with Gasteiger partial charge in [0.2, 0.25) is 0 Å². The van der Waals surface area contributed by atoms with Crippen molar-refractivity contribution in [1.82, 2.24) is 5.32 Å². The van der Waals surface area contributed by atoms with Gasteiger partial charge in [0, 0.05) is 11.3 Å². The van der Waals surface area contributed by atoms with Crippen molar-refractivity contribution in [2.75, 3.05) is 12.4 Å². The molecule has 0 bridgehead atoms. The first-order valence-electron chi connectivity index (χ1n) is 6.00. The highest BCUT2D eigenvalue weighted by atomic mass is 32.1. The van der Waals surface area contributed by atoms with E-state index in [1.165, 1.54) is 0 Å². The molecule has 4 nitrogen and oxygen atoms in total. The third-order valence-corrected chi connectivity index (χ3v) is 2.95. The molecule has 0 heterocycles. The Morgan fingerprint density at radius 3 is 2.30 bits per heavy atom. The normalized spacial score (nSPS) is 9.65. The number of ether oxygens (including phenoxy) is 1. The molecule has 0 unspecified atom stereocenters. The highest BCUT2D eigenvalue weighted by molar-refractivity contribution is 7.80. The second-order valence-electron chi connectivity index (χ2n) is 4.00. The van der Waals surface area contributed by atoms with Crippen LogP contribution in [-0.2, 0) is 0 Å². The predicted octanol–water partition coefficient (Wildman–Crippen LogP) is 3.19. The minimum absolute atomic E-state index is 0.362. The van der Waals surface area contributed by atoms with Crippen molar-refractivity contribution in [3.63, 3.8) is 0 Å². The summed E-state index contributed by atoms with van der Waals surface area (Å²) < 4.78 is 5.07. The molecule has 0 saturated heterocycles. The lowest BCUT2D eigenvalue weighted by atomic mass is 10.2. The molecule has 0 fully saturated rings. The number of thiocarbonyl (C=S) groups is 1. The lowest BCUT2D eigenvalue weighted by Crippen LogP contribution is -2.33. The van der Waals surface area contributed by atoms with Crippen LogP contribution >= 0.6 is 12.2 Å². The third kappa shape index (κ3) is 3.80. The summed E-state index contributed by atoms with van der Waals surface area (Å²) in [6.07, 6.45) is 0. The monoisotopic (exact) mass is 286 g/mol. The smallest absolute Gasteiger partial charge is 0.324 e. The lowest BCUT2D eigenvalue weighted by molar-refractivity contribution is 0.256. The van der Waals surface area contributed by atoms with Gasteiger partial charge in [-0.15, -0.1) is 0 Å². The van der Waals surface area contributed by atoms with Crippen LogP contribution in [0.15, 0.2) is 54.6 Å². The Labute approximate surface area is 122 Å². The molecule has 0 atom stereocenters. The molecule has 20 heavy (non-hydrogen) atoms. The minimum Gasteiger partial charge on any atom is -0.497 e. The van der Waals surface area contributed by atoms with E-state index in [9.17, 15) is 4.79 Å². The first kappa shape index (κ1) is 14.0. The molecule has 0 aromatic heterocycles. The largest absolute Gasteiger partial charge is 0.497 e. The van der Waals surface area contributed by atoms with Crippen molar-refractivity contribution in [2.45, 2.75) is 0 Å². The van der Waals surface area contributed by atoms with Gasteiger partial charge in [0.1, 0.15) is 10.7 Å². The Bertz CT molecular complexity index is 597. The van der Waals surface area contributed by atoms with E-state index < -0.39 is 0 Å². The highest BCUT2D eigenvalue weighted by Gasteiger charge is 2.06. The summed E-state index contributed by atoms with van der Waals surface area (Å²) in [7, 11) is 1.60. The minimum atomic E-state index is -0.364. The van der Waals surface area contributed by atoms with Crippen LogP contribution in [-0.4, -0.2) is 18.1 Å². The van der Waals surface area contributed by atoms with E-state index in [0.717, 1.165) is 11.3 Å². The quantitative estimate of drug-likeness (QED) is 0.852. The molecule has 102 valence electrons. The molecule has 0 aliphatic carbocycles. The maximum atomic E-state index is 11.8. The topological polar surface area (TPSA) is 50.4 Å². The Kier molecular flexibility index (Phi) is 4.68. The zero-order valence-electron chi connectivity index (χ0n) is 10.9. The van der Waals surface area contributed by atoms with Crippen LogP contribution in [0.5, 0.6) is 5.75 Å². The number of hydrogen-bond donors (Lipinski definition) is 2. The van der Waals surface area contributed by atoms with Crippen LogP contribution in [0.2, 0.25) is 0 Å². The van der Waals surface area contributed by atoms with E-state index in [-0.39, 0.29) is 6.03 Å². The number of methoxy groups -OCH3 is 1. The number of urea groups is 1. The van der Waals surface area contributed by atoms with Gasteiger partial charge < -0.3 is 10.1 Å². The highest BCUT2D eigenvalue weighted by Crippen LogP contribution is 2.11. The van der Waals surface area contributed by atoms with Gasteiger partial charge in [0.15, 0.2) is 0 Å². The van der Waals surface area contributed by atoms with Crippen LogP contribution < -0.4 is 15.4 Å². The van der Waals surface area contributed by atoms with Gasteiger partial charge >= 0.3 is 6.03 Å². The van der Waals surface area contributed by atoms with Crippen molar-refractivity contribution in [1.29, 1.82) is 0 Å². The summed E-state index contributed by atoms with van der Waals surface area (Å²) >= 11 is 5.18. The molecule has 2 aromatic carbocycles. The van der Waals surface area contributed by atoms with E-state index in [4.69, 9.17) is 17.0 Å². The number of carbonyl (C=O) groups excluding carboxylic acids is 1. The van der Waals surface area contributed by atoms with E-state index in [1.807, 2.05) is 18.2 Å². The number of anilines is 1. The summed E-state index contributed by atoms with van der Waals surface area (Å²) in [5.74, 6) is 0.741. The summed E-state index contributed by atoms with van der Waals surface area (Å²) in [4.78, 5) is 12.1. The fourth-order valence-electron chi connectivity index (χ4n) is 1.60. The van der Waals surface area contributed by atoms with Crippen molar-refractivity contribution in [2.24, 2.45) is 0 Å². The van der Waals surface area contributed by atoms with Crippen LogP contribution in [0, 0.1) is 0 Å². The molecule has 0 radical (unpaired) electrons. The number of hydrogen-bond acceptors (Lipinski definition) is 3. The predicted molar refractivity (Wildman–Crippen MR) is 83.3 cm³/mol. The number of rotatable bonds is 3. The zero-order valence-corrected chi connectivity index (χ0v) is 11.7. The second-order valence-corrected chi connectivity index (χ2v) is 4.41. The van der Waals surface area contributed by atoms with E-state index >= 15 is 0 Å². The van der Waals surface area contributed by atoms with Gasteiger partial charge in [0.25, 0.3) is 0 Å². The standard InChI is InChI=1S/C15H14N2O2S/c1-19-13-9-7-11(8-10-13)14(20)17-15(18)16-12-5-3-2-4-6-12/h2-10H,1H3,(H2,16,17,18,20). The number of benzene rings is 2. The number of para-hydroxylation sites is 1. The molecule has 0 saturated carbocycles. The fraction of sp³-hybridized carbons (Fsp3) is 0.0667. The van der Waals surface area contributed by atoms with Crippen LogP contribution in [0.1, 0.15) is 5.56 Å². The van der Waals surface area contributed by atoms with E-state index in [1.54, 1.807) is 43.5 Å². The van der Waals surface area contributed by atoms with Gasteiger partial charge in [0.05, 0.1) is 7.11 Å². The van der Waals surface area contributed by atoms with Crippen molar-refractivity contribution in [3.05, 3.63) is 60.2 Å². The average Bonchev–Trinajstić information content (AvgIpc) is 2.48. The molecule has 2 amide bonds. The van der Waals surface area contributed by atoms with Crippen LogP contribution in [0.4, 0.5) is 10.5 Å². The number of amides is 2. The fourth-order valence-corrected chi connectivity index (χ4v) is 1.83. The van der Waals surface area contributed by atoms with E-state index in [0.29, 0.717) is 10.7 Å². The van der Waals surface area contributed by atoms with Crippen molar-refractivity contribution < 1.29 is 9.53 Å². The first-order valence-corrected chi connectivity index (χ1v) is 6.41. The summed E-state index contributed by atoms with van der Waals surface area (Å²) in [6.45, 7) is 0. The Hall–Kier alpha value is -2.40. The summed E-state index contributed by atoms with van der Waals surface area (Å²) in [5.41, 5.74) is 1.46. The molecule has 5 heteroatoms. The average molecular weight is 286 g/mol. The van der Waals surface area contributed by atoms with E-state index in [2.05, 4.69) is 10.6 Å². The molecule has 0 aliphatic rings. The molecule has 2 N–H and O–H groups in total. The van der Waals surface area contributed by atoms with Gasteiger partial charge in [-0.1, -0.05) is 30.4 Å². The molecular weight excluding hydrogens is 272 g/mol. The SMILES string of the molecule is COc1ccc(C(=S)NC(=O)Nc2ccccc2)cc1. The van der Waals surface area contributed by atoms with Crippen molar-refractivity contribution in [3.8, 4) is 5.75 Å². The van der Waals surface area contributed by atoms with Crippen LogP contribution in [0.25, 0.3) is 0 Å². The maximum absolute atomic E-state index is 11.8. The van der Waals surface area contributed by atoms with Crippen molar-refractivity contribution >= 4 is 28.9 Å². The molecule has 0 spiro atoms. The molecule has 2 aromatic rings. The van der Waals surface area contributed by atoms with Gasteiger partial charge in [-0.25, -0.2) is 4.79 Å². The Morgan fingerprint density at radius 2 is 1.70 bits per heavy atom. The number of nitrogens with one attached hydrogen (secondary N) is 2.